The van der Waals surface area contributed by atoms with E-state index in [-0.39, 0.29) is 11.8 Å². The molecule has 1 aliphatic rings. The predicted molar refractivity (Wildman–Crippen MR) is 121 cm³/mol. The van der Waals surface area contributed by atoms with Crippen LogP contribution in [0.25, 0.3) is 21.9 Å². The number of aryl methyl sites for hydroxylation is 1. The fourth-order valence-corrected chi connectivity index (χ4v) is 5.16. The lowest BCUT2D eigenvalue weighted by Crippen LogP contribution is -2.42. The molecule has 0 saturated carbocycles. The van der Waals surface area contributed by atoms with Crippen molar-refractivity contribution in [3.63, 3.8) is 0 Å². The van der Waals surface area contributed by atoms with Crippen LogP contribution >= 0.6 is 0 Å². The molecule has 1 N–H and O–H groups in total. The summed E-state index contributed by atoms with van der Waals surface area (Å²) in [6.07, 6.45) is 10.3. The number of rotatable bonds is 7. The zero-order valence-corrected chi connectivity index (χ0v) is 18.4. The van der Waals surface area contributed by atoms with Crippen LogP contribution in [0, 0.1) is 0 Å². The van der Waals surface area contributed by atoms with Crippen molar-refractivity contribution in [2.75, 3.05) is 24.2 Å². The van der Waals surface area contributed by atoms with Gasteiger partial charge < -0.3 is 5.32 Å². The fraction of sp³-hybridized carbons (Fsp3) is 0.455. The Morgan fingerprint density at radius 2 is 1.93 bits per heavy atom. The Balaban J connectivity index is 1.59. The molecule has 1 saturated heterocycles. The minimum absolute atomic E-state index is 0.162. The highest BCUT2D eigenvalue weighted by Gasteiger charge is 2.27. The standard InChI is InChI=1S/C22H29N5O2S/c1-3-9-26-16-19(14-24-26)18-12-17-5-8-23-15-21(17)22(13-18)25-20-6-10-27(11-7-20)30(28,29)4-2/h5,8,12-16,20,25H,3-4,6-7,9-11H2,1-2H3. The second kappa shape index (κ2) is 8.73. The Labute approximate surface area is 178 Å². The van der Waals surface area contributed by atoms with Crippen LogP contribution in [0.4, 0.5) is 5.69 Å². The van der Waals surface area contributed by atoms with Crippen LogP contribution in [0.15, 0.2) is 43.0 Å². The van der Waals surface area contributed by atoms with Gasteiger partial charge in [-0.05, 0) is 55.3 Å². The molecule has 160 valence electrons. The van der Waals surface area contributed by atoms with Gasteiger partial charge in [-0.3, -0.25) is 9.67 Å². The van der Waals surface area contributed by atoms with Gasteiger partial charge in [-0.2, -0.15) is 5.10 Å². The highest BCUT2D eigenvalue weighted by Crippen LogP contribution is 2.32. The van der Waals surface area contributed by atoms with E-state index < -0.39 is 10.0 Å². The van der Waals surface area contributed by atoms with Crippen LogP contribution in [0.5, 0.6) is 0 Å². The Kier molecular flexibility index (Phi) is 6.06. The smallest absolute Gasteiger partial charge is 0.213 e. The van der Waals surface area contributed by atoms with Crippen LogP contribution in [-0.4, -0.2) is 52.4 Å². The third-order valence-corrected chi connectivity index (χ3v) is 7.63. The van der Waals surface area contributed by atoms with Crippen molar-refractivity contribution >= 4 is 26.5 Å². The molecule has 3 heterocycles. The summed E-state index contributed by atoms with van der Waals surface area (Å²) in [5, 5.41) is 10.3. The number of nitrogens with zero attached hydrogens (tertiary/aromatic N) is 4. The second-order valence-electron chi connectivity index (χ2n) is 7.83. The molecule has 0 atom stereocenters. The quantitative estimate of drug-likeness (QED) is 0.621. The number of anilines is 1. The van der Waals surface area contributed by atoms with Gasteiger partial charge in [0.1, 0.15) is 0 Å². The summed E-state index contributed by atoms with van der Waals surface area (Å²) in [7, 11) is -3.11. The van der Waals surface area contributed by atoms with Gasteiger partial charge >= 0.3 is 0 Å². The number of benzene rings is 1. The van der Waals surface area contributed by atoms with Crippen LogP contribution < -0.4 is 5.32 Å². The van der Waals surface area contributed by atoms with Crippen LogP contribution in [0.3, 0.4) is 0 Å². The number of hydrogen-bond acceptors (Lipinski definition) is 5. The van der Waals surface area contributed by atoms with E-state index in [9.17, 15) is 8.42 Å². The molecular weight excluding hydrogens is 398 g/mol. The van der Waals surface area contributed by atoms with Crippen molar-refractivity contribution in [1.29, 1.82) is 0 Å². The molecule has 1 aliphatic heterocycles. The summed E-state index contributed by atoms with van der Waals surface area (Å²) in [6, 6.07) is 6.59. The first kappa shape index (κ1) is 20.8. The lowest BCUT2D eigenvalue weighted by Gasteiger charge is -2.32. The molecule has 8 heteroatoms. The highest BCUT2D eigenvalue weighted by atomic mass is 32.2. The third kappa shape index (κ3) is 4.34. The first-order valence-corrected chi connectivity index (χ1v) is 12.3. The average Bonchev–Trinajstić information content (AvgIpc) is 3.23. The largest absolute Gasteiger partial charge is 0.382 e. The van der Waals surface area contributed by atoms with Gasteiger partial charge in [-0.1, -0.05) is 6.92 Å². The number of fused-ring (bicyclic) bond motifs is 1. The van der Waals surface area contributed by atoms with Crippen LogP contribution in [0.2, 0.25) is 0 Å². The van der Waals surface area contributed by atoms with Gasteiger partial charge in [-0.25, -0.2) is 12.7 Å². The first-order valence-electron chi connectivity index (χ1n) is 10.6. The molecule has 3 aromatic rings. The predicted octanol–water partition coefficient (Wildman–Crippen LogP) is 3.73. The van der Waals surface area contributed by atoms with Crippen molar-refractivity contribution in [2.45, 2.75) is 45.7 Å². The number of aromatic nitrogens is 3. The van der Waals surface area contributed by atoms with Gasteiger partial charge in [0.15, 0.2) is 0 Å². The maximum atomic E-state index is 12.1. The summed E-state index contributed by atoms with van der Waals surface area (Å²) in [6.45, 7) is 5.87. The number of pyridine rings is 1. The van der Waals surface area contributed by atoms with Crippen molar-refractivity contribution < 1.29 is 8.42 Å². The Hall–Kier alpha value is -2.45. The lowest BCUT2D eigenvalue weighted by atomic mass is 10.0. The van der Waals surface area contributed by atoms with Gasteiger partial charge in [0, 0.05) is 60.9 Å². The van der Waals surface area contributed by atoms with E-state index in [1.165, 1.54) is 0 Å². The van der Waals surface area contributed by atoms with E-state index in [4.69, 9.17) is 0 Å². The Morgan fingerprint density at radius 1 is 1.13 bits per heavy atom. The molecule has 0 bridgehead atoms. The summed E-state index contributed by atoms with van der Waals surface area (Å²) in [4.78, 5) is 4.31. The number of piperidine rings is 1. The molecule has 7 nitrogen and oxygen atoms in total. The van der Waals surface area contributed by atoms with Gasteiger partial charge in [0.25, 0.3) is 0 Å². The van der Waals surface area contributed by atoms with E-state index in [2.05, 4.69) is 40.7 Å². The topological polar surface area (TPSA) is 80.1 Å². The summed E-state index contributed by atoms with van der Waals surface area (Å²) < 4.78 is 27.9. The van der Waals surface area contributed by atoms with Crippen molar-refractivity contribution in [3.8, 4) is 11.1 Å². The minimum Gasteiger partial charge on any atom is -0.382 e. The molecule has 1 aromatic carbocycles. The molecule has 0 aliphatic carbocycles. The van der Waals surface area contributed by atoms with Gasteiger partial charge in [0.05, 0.1) is 11.9 Å². The van der Waals surface area contributed by atoms with E-state index >= 15 is 0 Å². The molecular formula is C22H29N5O2S. The first-order chi connectivity index (χ1) is 14.5. The molecule has 0 radical (unpaired) electrons. The summed E-state index contributed by atoms with van der Waals surface area (Å²) in [5.41, 5.74) is 3.24. The summed E-state index contributed by atoms with van der Waals surface area (Å²) >= 11 is 0. The van der Waals surface area contributed by atoms with E-state index in [0.29, 0.717) is 13.1 Å². The SMILES string of the molecule is CCCn1cc(-c2cc(NC3CCN(S(=O)(=O)CC)CC3)c3cnccc3c2)cn1. The fourth-order valence-electron chi connectivity index (χ4n) is 4.03. The molecule has 2 aromatic heterocycles. The van der Waals surface area contributed by atoms with E-state index in [1.54, 1.807) is 11.2 Å². The molecule has 30 heavy (non-hydrogen) atoms. The van der Waals surface area contributed by atoms with Crippen molar-refractivity contribution in [1.82, 2.24) is 19.1 Å². The lowest BCUT2D eigenvalue weighted by molar-refractivity contribution is 0.330. The molecule has 4 rings (SSSR count). The highest BCUT2D eigenvalue weighted by molar-refractivity contribution is 7.89. The zero-order valence-electron chi connectivity index (χ0n) is 17.6. The Morgan fingerprint density at radius 3 is 2.67 bits per heavy atom. The minimum atomic E-state index is -3.11. The Bertz CT molecular complexity index is 1120. The van der Waals surface area contributed by atoms with E-state index in [1.807, 2.05) is 29.3 Å². The third-order valence-electron chi connectivity index (χ3n) is 5.75. The molecule has 0 unspecified atom stereocenters. The molecule has 0 spiro atoms. The van der Waals surface area contributed by atoms with Gasteiger partial charge in [0.2, 0.25) is 10.0 Å². The maximum Gasteiger partial charge on any atom is 0.213 e. The monoisotopic (exact) mass is 427 g/mol. The van der Waals surface area contributed by atoms with Crippen molar-refractivity contribution in [2.24, 2.45) is 0 Å². The summed E-state index contributed by atoms with van der Waals surface area (Å²) in [5.74, 6) is 0.162. The maximum absolute atomic E-state index is 12.1. The molecule has 0 amide bonds. The van der Waals surface area contributed by atoms with Crippen LogP contribution in [-0.2, 0) is 16.6 Å². The molecule has 1 fully saturated rings. The number of sulfonamides is 1. The number of nitrogens with one attached hydrogen (secondary N) is 1. The second-order valence-corrected chi connectivity index (χ2v) is 10.1. The zero-order chi connectivity index (χ0) is 21.1. The van der Waals surface area contributed by atoms with Crippen molar-refractivity contribution in [3.05, 3.63) is 43.0 Å². The normalized spacial score (nSPS) is 16.2. The number of hydrogen-bond donors (Lipinski definition) is 1. The van der Waals surface area contributed by atoms with E-state index in [0.717, 1.165) is 53.4 Å². The van der Waals surface area contributed by atoms with Gasteiger partial charge in [-0.15, -0.1) is 0 Å². The van der Waals surface area contributed by atoms with Crippen LogP contribution in [0.1, 0.15) is 33.1 Å². The average molecular weight is 428 g/mol.